The molecule has 2 aliphatic heterocycles. The van der Waals surface area contributed by atoms with Crippen LogP contribution in [-0.4, -0.2) is 38.4 Å². The fraction of sp³-hybridized carbons (Fsp3) is 0.300. The maximum absolute atomic E-state index is 12.9. The number of nitrogens with zero attached hydrogens (tertiary/aromatic N) is 4. The summed E-state index contributed by atoms with van der Waals surface area (Å²) in [7, 11) is 0. The molecule has 3 aromatic rings. The Morgan fingerprint density at radius 2 is 1.96 bits per heavy atom. The van der Waals surface area contributed by atoms with Gasteiger partial charge in [0.1, 0.15) is 6.33 Å². The molecule has 6 nitrogen and oxygen atoms in total. The van der Waals surface area contributed by atoms with Crippen LogP contribution in [0.3, 0.4) is 0 Å². The number of piperidine rings is 1. The quantitative estimate of drug-likeness (QED) is 0.687. The van der Waals surface area contributed by atoms with Gasteiger partial charge in [-0.05, 0) is 29.9 Å². The van der Waals surface area contributed by atoms with Gasteiger partial charge in [-0.2, -0.15) is 0 Å². The molecule has 0 saturated carbocycles. The maximum Gasteiger partial charge on any atom is 0.263 e. The molecule has 2 bridgehead atoms. The fourth-order valence-corrected chi connectivity index (χ4v) is 5.11. The third-order valence-corrected chi connectivity index (χ3v) is 6.34. The van der Waals surface area contributed by atoms with Gasteiger partial charge < -0.3 is 9.47 Å². The molecule has 0 radical (unpaired) electrons. The second-order valence-corrected chi connectivity index (χ2v) is 8.14. The average Bonchev–Trinajstić information content (AvgIpc) is 3.23. The first kappa shape index (κ1) is 16.4. The Morgan fingerprint density at radius 3 is 2.74 bits per heavy atom. The molecule has 1 amide bonds. The smallest absolute Gasteiger partial charge is 0.263 e. The zero-order chi connectivity index (χ0) is 18.4. The number of hydrogen-bond acceptors (Lipinski definition) is 5. The number of carbonyl (C=O) groups excluding carboxylic acids is 1. The molecule has 136 valence electrons. The van der Waals surface area contributed by atoms with Gasteiger partial charge in [-0.25, -0.2) is 9.97 Å². The van der Waals surface area contributed by atoms with E-state index in [-0.39, 0.29) is 17.4 Å². The molecule has 0 N–H and O–H groups in total. The van der Waals surface area contributed by atoms with E-state index >= 15 is 0 Å². The van der Waals surface area contributed by atoms with Gasteiger partial charge in [-0.1, -0.05) is 6.07 Å². The second-order valence-electron chi connectivity index (χ2n) is 7.19. The van der Waals surface area contributed by atoms with Crippen molar-refractivity contribution < 1.29 is 4.79 Å². The average molecular weight is 378 g/mol. The molecule has 1 fully saturated rings. The van der Waals surface area contributed by atoms with E-state index in [4.69, 9.17) is 0 Å². The largest absolute Gasteiger partial charge is 0.337 e. The van der Waals surface area contributed by atoms with Crippen molar-refractivity contribution in [1.82, 2.24) is 19.4 Å². The van der Waals surface area contributed by atoms with Crippen molar-refractivity contribution in [3.8, 4) is 11.1 Å². The molecule has 2 atom stereocenters. The number of pyridine rings is 1. The molecule has 5 heterocycles. The van der Waals surface area contributed by atoms with Crippen LogP contribution in [0.4, 0.5) is 0 Å². The number of amides is 1. The van der Waals surface area contributed by atoms with Gasteiger partial charge in [0.15, 0.2) is 0 Å². The normalized spacial score (nSPS) is 21.0. The monoisotopic (exact) mass is 378 g/mol. The van der Waals surface area contributed by atoms with Gasteiger partial charge in [0.2, 0.25) is 0 Å². The highest BCUT2D eigenvalue weighted by molar-refractivity contribution is 7.12. The molecule has 3 aromatic heterocycles. The van der Waals surface area contributed by atoms with Crippen LogP contribution in [-0.2, 0) is 6.54 Å². The van der Waals surface area contributed by atoms with Crippen molar-refractivity contribution in [1.29, 1.82) is 0 Å². The highest BCUT2D eigenvalue weighted by Crippen LogP contribution is 2.40. The van der Waals surface area contributed by atoms with E-state index in [1.54, 1.807) is 18.5 Å². The van der Waals surface area contributed by atoms with Crippen molar-refractivity contribution >= 4 is 17.2 Å². The van der Waals surface area contributed by atoms with Gasteiger partial charge >= 0.3 is 0 Å². The molecule has 0 spiro atoms. The lowest BCUT2D eigenvalue weighted by molar-refractivity contribution is 0.0600. The van der Waals surface area contributed by atoms with E-state index < -0.39 is 0 Å². The lowest BCUT2D eigenvalue weighted by Crippen LogP contribution is -2.49. The minimum absolute atomic E-state index is 0.0262. The van der Waals surface area contributed by atoms with Crippen LogP contribution in [0.5, 0.6) is 0 Å². The van der Waals surface area contributed by atoms with Crippen molar-refractivity contribution in [2.24, 2.45) is 5.92 Å². The Labute approximate surface area is 160 Å². The topological polar surface area (TPSA) is 68.1 Å². The number of rotatable bonds is 2. The molecule has 0 aliphatic carbocycles. The highest BCUT2D eigenvalue weighted by Gasteiger charge is 2.38. The molecular weight excluding hydrogens is 360 g/mol. The summed E-state index contributed by atoms with van der Waals surface area (Å²) in [6, 6.07) is 7.28. The minimum Gasteiger partial charge on any atom is -0.337 e. The molecule has 0 aromatic carbocycles. The fourth-order valence-electron chi connectivity index (χ4n) is 4.42. The number of hydrogen-bond donors (Lipinski definition) is 0. The molecule has 7 heteroatoms. The molecule has 1 saturated heterocycles. The number of carbonyl (C=O) groups is 1. The number of likely N-dealkylation sites (tertiary alicyclic amines) is 1. The van der Waals surface area contributed by atoms with E-state index in [1.165, 1.54) is 17.7 Å². The zero-order valence-corrected chi connectivity index (χ0v) is 15.4. The Bertz CT molecular complexity index is 1050. The van der Waals surface area contributed by atoms with Gasteiger partial charge in [-0.3, -0.25) is 9.59 Å². The molecule has 5 rings (SSSR count). The molecule has 0 unspecified atom stereocenters. The van der Waals surface area contributed by atoms with Crippen LogP contribution >= 0.6 is 11.3 Å². The third kappa shape index (κ3) is 2.78. The van der Waals surface area contributed by atoms with E-state index in [2.05, 4.69) is 9.97 Å². The predicted octanol–water partition coefficient (Wildman–Crippen LogP) is 2.63. The minimum atomic E-state index is 0.0262. The molecule has 27 heavy (non-hydrogen) atoms. The van der Waals surface area contributed by atoms with Crippen molar-refractivity contribution in [3.63, 3.8) is 0 Å². The number of fused-ring (bicyclic) bond motifs is 4. The van der Waals surface area contributed by atoms with E-state index in [9.17, 15) is 9.59 Å². The van der Waals surface area contributed by atoms with Crippen LogP contribution in [0, 0.1) is 5.92 Å². The van der Waals surface area contributed by atoms with Crippen molar-refractivity contribution in [3.05, 3.63) is 69.3 Å². The van der Waals surface area contributed by atoms with Crippen LogP contribution in [0.25, 0.3) is 11.1 Å². The van der Waals surface area contributed by atoms with Gasteiger partial charge in [0, 0.05) is 60.8 Å². The third-order valence-electron chi connectivity index (χ3n) is 5.48. The SMILES string of the molecule is O=C(c1cccs1)N1C[C@H]2C[C@H](C1)c1c(-c3cncnc3)ccc(=O)n1C2. The first-order valence-electron chi connectivity index (χ1n) is 9.02. The lowest BCUT2D eigenvalue weighted by Gasteiger charge is -2.43. The Hall–Kier alpha value is -2.80. The molecule has 2 aliphatic rings. The van der Waals surface area contributed by atoms with Crippen LogP contribution < -0.4 is 5.56 Å². The van der Waals surface area contributed by atoms with Gasteiger partial charge in [-0.15, -0.1) is 11.3 Å². The predicted molar refractivity (Wildman–Crippen MR) is 103 cm³/mol. The summed E-state index contributed by atoms with van der Waals surface area (Å²) >= 11 is 1.48. The summed E-state index contributed by atoms with van der Waals surface area (Å²) in [5.74, 6) is 0.543. The first-order valence-corrected chi connectivity index (χ1v) is 9.90. The Morgan fingerprint density at radius 1 is 1.11 bits per heavy atom. The summed E-state index contributed by atoms with van der Waals surface area (Å²) in [6.45, 7) is 2.00. The summed E-state index contributed by atoms with van der Waals surface area (Å²) in [4.78, 5) is 36.4. The van der Waals surface area contributed by atoms with E-state index in [0.717, 1.165) is 28.1 Å². The molecular formula is C20H18N4O2S. The van der Waals surface area contributed by atoms with E-state index in [1.807, 2.05) is 33.0 Å². The first-order chi connectivity index (χ1) is 13.2. The Balaban J connectivity index is 1.57. The summed E-state index contributed by atoms with van der Waals surface area (Å²) in [5.41, 5.74) is 2.93. The van der Waals surface area contributed by atoms with Gasteiger partial charge in [0.05, 0.1) is 4.88 Å². The lowest BCUT2D eigenvalue weighted by atomic mass is 9.80. The summed E-state index contributed by atoms with van der Waals surface area (Å²) < 4.78 is 1.90. The van der Waals surface area contributed by atoms with Crippen LogP contribution in [0.2, 0.25) is 0 Å². The maximum atomic E-state index is 12.9. The zero-order valence-electron chi connectivity index (χ0n) is 14.6. The standard InChI is InChI=1S/C20H18N4O2S/c25-18-4-3-16(15-7-21-12-22-8-15)19-14-6-13(10-24(18)19)9-23(11-14)20(26)17-2-1-5-27-17/h1-5,7-8,12-14H,6,9-11H2/t13-,14-/m1/s1. The van der Waals surface area contributed by atoms with Crippen molar-refractivity contribution in [2.75, 3.05) is 13.1 Å². The second kappa shape index (κ2) is 6.42. The van der Waals surface area contributed by atoms with Crippen LogP contribution in [0.1, 0.15) is 27.7 Å². The van der Waals surface area contributed by atoms with Gasteiger partial charge in [0.25, 0.3) is 11.5 Å². The van der Waals surface area contributed by atoms with Crippen molar-refractivity contribution in [2.45, 2.75) is 18.9 Å². The number of thiophene rings is 1. The summed E-state index contributed by atoms with van der Waals surface area (Å²) in [6.07, 6.45) is 6.05. The highest BCUT2D eigenvalue weighted by atomic mass is 32.1. The van der Waals surface area contributed by atoms with Crippen LogP contribution in [0.15, 0.2) is 53.2 Å². The Kier molecular flexibility index (Phi) is 3.89. The summed E-state index contributed by atoms with van der Waals surface area (Å²) in [5, 5.41) is 1.93. The number of aromatic nitrogens is 3. The van der Waals surface area contributed by atoms with E-state index in [0.29, 0.717) is 25.6 Å².